The van der Waals surface area contributed by atoms with Crippen LogP contribution in [-0.4, -0.2) is 43.4 Å². The number of fused-ring (bicyclic) bond motifs is 1. The van der Waals surface area contributed by atoms with Gasteiger partial charge in [0, 0.05) is 7.05 Å². The van der Waals surface area contributed by atoms with Crippen LogP contribution in [0.2, 0.25) is 0 Å². The van der Waals surface area contributed by atoms with Crippen LogP contribution in [0.25, 0.3) is 0 Å². The van der Waals surface area contributed by atoms with Gasteiger partial charge in [0.2, 0.25) is 11.8 Å². The largest absolute Gasteiger partial charge is 0.358 e. The molecule has 2 amide bonds. The summed E-state index contributed by atoms with van der Waals surface area (Å²) in [4.78, 5) is 25.8. The Bertz CT molecular complexity index is 601. The number of likely N-dealkylation sites (N-methyl/N-ethyl adjacent to an activating group) is 1. The molecule has 5 heteroatoms. The lowest BCUT2D eigenvalue weighted by atomic mass is 9.89. The lowest BCUT2D eigenvalue weighted by Crippen LogP contribution is -2.43. The van der Waals surface area contributed by atoms with Crippen LogP contribution in [0, 0.1) is 0 Å². The molecule has 138 valence electrons. The predicted molar refractivity (Wildman–Crippen MR) is 100 cm³/mol. The first-order chi connectivity index (χ1) is 12.0. The molecule has 1 aliphatic rings. The maximum atomic E-state index is 12.4. The van der Waals surface area contributed by atoms with Crippen molar-refractivity contribution in [2.75, 3.05) is 26.7 Å². The fraction of sp³-hybridized carbons (Fsp3) is 0.600. The van der Waals surface area contributed by atoms with Crippen molar-refractivity contribution in [3.05, 3.63) is 34.9 Å². The lowest BCUT2D eigenvalue weighted by molar-refractivity contribution is -0.125. The minimum atomic E-state index is -0.0658. The van der Waals surface area contributed by atoms with Crippen molar-refractivity contribution < 1.29 is 9.59 Å². The van der Waals surface area contributed by atoms with Crippen molar-refractivity contribution >= 4 is 11.8 Å². The Kier molecular flexibility index (Phi) is 7.44. The SMILES string of the molecule is CCCN(CC(=O)NC)CC(=O)NC(C)c1ccc2c(c1)CCCC2. The molecule has 0 bridgehead atoms. The van der Waals surface area contributed by atoms with E-state index in [0.29, 0.717) is 0 Å². The number of hydrogen-bond acceptors (Lipinski definition) is 3. The van der Waals surface area contributed by atoms with E-state index in [9.17, 15) is 9.59 Å². The highest BCUT2D eigenvalue weighted by molar-refractivity contribution is 5.81. The third-order valence-corrected chi connectivity index (χ3v) is 4.80. The molecule has 0 saturated heterocycles. The van der Waals surface area contributed by atoms with Gasteiger partial charge in [0.05, 0.1) is 19.1 Å². The van der Waals surface area contributed by atoms with Crippen molar-refractivity contribution in [3.8, 4) is 0 Å². The summed E-state index contributed by atoms with van der Waals surface area (Å²) >= 11 is 0. The molecule has 25 heavy (non-hydrogen) atoms. The second-order valence-corrected chi connectivity index (χ2v) is 6.91. The number of nitrogens with zero attached hydrogens (tertiary/aromatic N) is 1. The van der Waals surface area contributed by atoms with E-state index in [2.05, 4.69) is 28.8 Å². The summed E-state index contributed by atoms with van der Waals surface area (Å²) in [6.45, 7) is 5.30. The summed E-state index contributed by atoms with van der Waals surface area (Å²) in [5, 5.41) is 5.68. The van der Waals surface area contributed by atoms with Gasteiger partial charge in [-0.2, -0.15) is 0 Å². The summed E-state index contributed by atoms with van der Waals surface area (Å²) in [6, 6.07) is 6.56. The van der Waals surface area contributed by atoms with Crippen LogP contribution in [0.1, 0.15) is 55.8 Å². The van der Waals surface area contributed by atoms with Gasteiger partial charge in [0.15, 0.2) is 0 Å². The molecule has 1 atom stereocenters. The highest BCUT2D eigenvalue weighted by Crippen LogP contribution is 2.24. The standard InChI is InChI=1S/C20H31N3O2/c1-4-11-23(13-19(24)21-3)14-20(25)22-15(2)17-10-9-16-7-5-6-8-18(16)12-17/h9-10,12,15H,4-8,11,13-14H2,1-3H3,(H,21,24)(H,22,25). The Morgan fingerprint density at radius 3 is 2.48 bits per heavy atom. The molecule has 1 aromatic rings. The van der Waals surface area contributed by atoms with Crippen LogP contribution in [0.4, 0.5) is 0 Å². The topological polar surface area (TPSA) is 61.4 Å². The van der Waals surface area contributed by atoms with Crippen molar-refractivity contribution in [3.63, 3.8) is 0 Å². The Labute approximate surface area is 151 Å². The number of amides is 2. The molecular formula is C20H31N3O2. The summed E-state index contributed by atoms with van der Waals surface area (Å²) in [5.41, 5.74) is 4.03. The van der Waals surface area contributed by atoms with Crippen molar-refractivity contribution in [2.45, 2.75) is 52.0 Å². The fourth-order valence-corrected chi connectivity index (χ4v) is 3.41. The number of benzene rings is 1. The average molecular weight is 345 g/mol. The van der Waals surface area contributed by atoms with E-state index in [1.54, 1.807) is 7.05 Å². The fourth-order valence-electron chi connectivity index (χ4n) is 3.41. The van der Waals surface area contributed by atoms with Crippen LogP contribution in [0.3, 0.4) is 0 Å². The predicted octanol–water partition coefficient (Wildman–Crippen LogP) is 2.20. The molecule has 0 fully saturated rings. The van der Waals surface area contributed by atoms with E-state index in [1.807, 2.05) is 18.7 Å². The van der Waals surface area contributed by atoms with Gasteiger partial charge >= 0.3 is 0 Å². The third-order valence-electron chi connectivity index (χ3n) is 4.80. The summed E-state index contributed by atoms with van der Waals surface area (Å²) < 4.78 is 0. The minimum Gasteiger partial charge on any atom is -0.358 e. The molecule has 1 unspecified atom stereocenters. The lowest BCUT2D eigenvalue weighted by Gasteiger charge is -2.23. The van der Waals surface area contributed by atoms with Crippen molar-refractivity contribution in [1.29, 1.82) is 0 Å². The molecule has 0 spiro atoms. The number of carbonyl (C=O) groups excluding carboxylic acids is 2. The van der Waals surface area contributed by atoms with E-state index in [0.717, 1.165) is 24.9 Å². The molecule has 2 rings (SSSR count). The maximum Gasteiger partial charge on any atom is 0.234 e. The van der Waals surface area contributed by atoms with Gasteiger partial charge in [-0.3, -0.25) is 14.5 Å². The van der Waals surface area contributed by atoms with Gasteiger partial charge in [-0.15, -0.1) is 0 Å². The first-order valence-corrected chi connectivity index (χ1v) is 9.37. The monoisotopic (exact) mass is 345 g/mol. The molecule has 1 aromatic carbocycles. The Hall–Kier alpha value is -1.88. The van der Waals surface area contributed by atoms with E-state index >= 15 is 0 Å². The number of nitrogens with one attached hydrogen (secondary N) is 2. The van der Waals surface area contributed by atoms with Crippen LogP contribution >= 0.6 is 0 Å². The van der Waals surface area contributed by atoms with Crippen molar-refractivity contribution in [2.24, 2.45) is 0 Å². The quantitative estimate of drug-likeness (QED) is 0.759. The third kappa shape index (κ3) is 5.85. The zero-order valence-corrected chi connectivity index (χ0v) is 15.7. The Morgan fingerprint density at radius 1 is 1.12 bits per heavy atom. The highest BCUT2D eigenvalue weighted by Gasteiger charge is 2.17. The van der Waals surface area contributed by atoms with Crippen LogP contribution < -0.4 is 10.6 Å². The number of carbonyl (C=O) groups is 2. The second kappa shape index (κ2) is 9.56. The van der Waals surface area contributed by atoms with Crippen molar-refractivity contribution in [1.82, 2.24) is 15.5 Å². The molecule has 0 aromatic heterocycles. The first-order valence-electron chi connectivity index (χ1n) is 9.37. The van der Waals surface area contributed by atoms with Crippen LogP contribution in [0.5, 0.6) is 0 Å². The van der Waals surface area contributed by atoms with Gasteiger partial charge in [-0.25, -0.2) is 0 Å². The number of hydrogen-bond donors (Lipinski definition) is 2. The molecule has 0 heterocycles. The van der Waals surface area contributed by atoms with Gasteiger partial charge in [0.1, 0.15) is 0 Å². The van der Waals surface area contributed by atoms with E-state index in [4.69, 9.17) is 0 Å². The smallest absolute Gasteiger partial charge is 0.234 e. The highest BCUT2D eigenvalue weighted by atomic mass is 16.2. The molecule has 2 N–H and O–H groups in total. The zero-order chi connectivity index (χ0) is 18.2. The average Bonchev–Trinajstić information content (AvgIpc) is 2.61. The number of rotatable bonds is 8. The Morgan fingerprint density at radius 2 is 1.80 bits per heavy atom. The maximum absolute atomic E-state index is 12.4. The minimum absolute atomic E-state index is 0.0248. The van der Waals surface area contributed by atoms with Gasteiger partial charge in [-0.1, -0.05) is 25.1 Å². The molecule has 5 nitrogen and oxygen atoms in total. The summed E-state index contributed by atoms with van der Waals surface area (Å²) in [6.07, 6.45) is 5.74. The molecule has 0 saturated carbocycles. The van der Waals surface area contributed by atoms with E-state index in [1.165, 1.54) is 30.4 Å². The first kappa shape index (κ1) is 19.4. The molecule has 0 radical (unpaired) electrons. The molecule has 1 aliphatic carbocycles. The Balaban J connectivity index is 1.93. The zero-order valence-electron chi connectivity index (χ0n) is 15.7. The van der Waals surface area contributed by atoms with Gasteiger partial charge in [0.25, 0.3) is 0 Å². The van der Waals surface area contributed by atoms with Gasteiger partial charge in [-0.05, 0) is 62.3 Å². The summed E-state index contributed by atoms with van der Waals surface area (Å²) in [5.74, 6) is -0.105. The van der Waals surface area contributed by atoms with Gasteiger partial charge < -0.3 is 10.6 Å². The van der Waals surface area contributed by atoms with E-state index in [-0.39, 0.29) is 30.9 Å². The second-order valence-electron chi connectivity index (χ2n) is 6.91. The van der Waals surface area contributed by atoms with Crippen LogP contribution in [0.15, 0.2) is 18.2 Å². The molecular weight excluding hydrogens is 314 g/mol. The van der Waals surface area contributed by atoms with E-state index < -0.39 is 0 Å². The van der Waals surface area contributed by atoms with Crippen LogP contribution in [-0.2, 0) is 22.4 Å². The summed E-state index contributed by atoms with van der Waals surface area (Å²) in [7, 11) is 1.62. The normalized spacial score (nSPS) is 14.7. The molecule has 0 aliphatic heterocycles. The number of aryl methyl sites for hydroxylation is 2.